The number of benzene rings is 2. The largest absolute Gasteiger partial charge is 0.491 e. The van der Waals surface area contributed by atoms with Crippen LogP contribution in [0.5, 0.6) is 11.5 Å². The molecule has 0 aromatic heterocycles. The van der Waals surface area contributed by atoms with Crippen LogP contribution in [-0.2, 0) is 4.79 Å². The number of amides is 2. The molecule has 0 aliphatic carbocycles. The van der Waals surface area contributed by atoms with Gasteiger partial charge >= 0.3 is 0 Å². The molecule has 1 fully saturated rings. The van der Waals surface area contributed by atoms with Crippen LogP contribution in [0.1, 0.15) is 5.56 Å². The van der Waals surface area contributed by atoms with Gasteiger partial charge in [0.2, 0.25) is 0 Å². The van der Waals surface area contributed by atoms with Crippen molar-refractivity contribution in [1.82, 2.24) is 5.32 Å². The topological polar surface area (TPSA) is 84.9 Å². The lowest BCUT2D eigenvalue weighted by Crippen LogP contribution is -2.25. The van der Waals surface area contributed by atoms with Gasteiger partial charge in [0.05, 0.1) is 15.0 Å². The molecule has 1 aliphatic heterocycles. The summed E-state index contributed by atoms with van der Waals surface area (Å²) < 4.78 is 11.0. The predicted octanol–water partition coefficient (Wildman–Crippen LogP) is 4.79. The number of carbonyl (C=O) groups excluding carboxylic acids is 2. The number of aliphatic hydroxyl groups is 1. The third-order valence-electron chi connectivity index (χ3n) is 3.69. The standard InChI is InChI=1S/C19H14Cl3NO5S/c20-13-5-6-14(17(22)16(13)21)28-9-11(24)8-27-12-3-1-10(2-4-12)7-15-18(25)23-19(26)29-15/h1-7,11,24H,8-9H2,(H,23,25,26)/t11-/m0/s1. The van der Waals surface area contributed by atoms with Crippen molar-refractivity contribution in [2.24, 2.45) is 0 Å². The maximum atomic E-state index is 11.5. The van der Waals surface area contributed by atoms with Crippen LogP contribution in [0.4, 0.5) is 4.79 Å². The number of nitrogens with one attached hydrogen (secondary N) is 1. The first-order valence-electron chi connectivity index (χ1n) is 8.25. The first-order valence-corrected chi connectivity index (χ1v) is 10.2. The molecule has 2 N–H and O–H groups in total. The highest BCUT2D eigenvalue weighted by atomic mass is 35.5. The molecular formula is C19H14Cl3NO5S. The van der Waals surface area contributed by atoms with Crippen molar-refractivity contribution in [3.05, 3.63) is 61.9 Å². The average molecular weight is 475 g/mol. The van der Waals surface area contributed by atoms with Crippen LogP contribution in [0.25, 0.3) is 6.08 Å². The Bertz CT molecular complexity index is 965. The molecule has 0 saturated carbocycles. The third-order valence-corrected chi connectivity index (χ3v) is 5.78. The number of carbonyl (C=O) groups is 2. The van der Waals surface area contributed by atoms with Gasteiger partial charge in [-0.1, -0.05) is 46.9 Å². The fraction of sp³-hybridized carbons (Fsp3) is 0.158. The molecule has 3 rings (SSSR count). The number of hydrogen-bond donors (Lipinski definition) is 2. The highest BCUT2D eigenvalue weighted by Crippen LogP contribution is 2.37. The molecule has 2 aromatic rings. The van der Waals surface area contributed by atoms with E-state index in [1.165, 1.54) is 0 Å². The first-order chi connectivity index (χ1) is 13.8. The number of hydrogen-bond acceptors (Lipinski definition) is 6. The van der Waals surface area contributed by atoms with Gasteiger partial charge in [0.25, 0.3) is 11.1 Å². The van der Waals surface area contributed by atoms with E-state index in [9.17, 15) is 14.7 Å². The molecule has 29 heavy (non-hydrogen) atoms. The van der Waals surface area contributed by atoms with Gasteiger partial charge in [0.15, 0.2) is 0 Å². The molecule has 1 heterocycles. The molecule has 1 atom stereocenters. The SMILES string of the molecule is O=C1NC(=O)C(=Cc2ccc(OC[C@H](O)COc3ccc(Cl)c(Cl)c3Cl)cc2)S1. The summed E-state index contributed by atoms with van der Waals surface area (Å²) in [6.45, 7) is -0.0611. The summed E-state index contributed by atoms with van der Waals surface area (Å²) in [5, 5.41) is 12.5. The maximum Gasteiger partial charge on any atom is 0.290 e. The zero-order valence-corrected chi connectivity index (χ0v) is 17.7. The highest BCUT2D eigenvalue weighted by Gasteiger charge is 2.24. The fourth-order valence-electron chi connectivity index (χ4n) is 2.28. The summed E-state index contributed by atoms with van der Waals surface area (Å²) in [5.74, 6) is 0.425. The summed E-state index contributed by atoms with van der Waals surface area (Å²) in [7, 11) is 0. The molecule has 1 aliphatic rings. The quantitative estimate of drug-likeness (QED) is 0.443. The summed E-state index contributed by atoms with van der Waals surface area (Å²) >= 11 is 18.7. The number of ether oxygens (including phenoxy) is 2. The van der Waals surface area contributed by atoms with Crippen LogP contribution in [0.15, 0.2) is 41.3 Å². The van der Waals surface area contributed by atoms with Crippen molar-refractivity contribution in [3.63, 3.8) is 0 Å². The van der Waals surface area contributed by atoms with E-state index in [1.54, 1.807) is 42.5 Å². The van der Waals surface area contributed by atoms with Crippen LogP contribution in [0.3, 0.4) is 0 Å². The highest BCUT2D eigenvalue weighted by molar-refractivity contribution is 8.18. The van der Waals surface area contributed by atoms with Gasteiger partial charge in [0, 0.05) is 0 Å². The fourth-order valence-corrected chi connectivity index (χ4v) is 3.54. The second-order valence-electron chi connectivity index (χ2n) is 5.87. The zero-order valence-electron chi connectivity index (χ0n) is 14.7. The molecule has 0 bridgehead atoms. The molecule has 0 unspecified atom stereocenters. The maximum absolute atomic E-state index is 11.5. The van der Waals surface area contributed by atoms with Gasteiger partial charge in [-0.25, -0.2) is 0 Å². The Balaban J connectivity index is 1.50. The van der Waals surface area contributed by atoms with Gasteiger partial charge in [-0.15, -0.1) is 0 Å². The summed E-state index contributed by atoms with van der Waals surface area (Å²) in [6.07, 6.45) is 0.699. The van der Waals surface area contributed by atoms with Crippen molar-refractivity contribution in [3.8, 4) is 11.5 Å². The number of aliphatic hydroxyl groups excluding tert-OH is 1. The molecule has 2 aromatic carbocycles. The number of halogens is 3. The predicted molar refractivity (Wildman–Crippen MR) is 114 cm³/mol. The molecule has 6 nitrogen and oxygen atoms in total. The van der Waals surface area contributed by atoms with Crippen LogP contribution in [-0.4, -0.2) is 35.6 Å². The van der Waals surface area contributed by atoms with E-state index < -0.39 is 12.0 Å². The van der Waals surface area contributed by atoms with Gasteiger partial charge in [-0.3, -0.25) is 14.9 Å². The summed E-state index contributed by atoms with van der Waals surface area (Å²) in [4.78, 5) is 23.0. The van der Waals surface area contributed by atoms with Crippen LogP contribution >= 0.6 is 46.6 Å². The average Bonchev–Trinajstić information content (AvgIpc) is 3.01. The first kappa shape index (κ1) is 21.8. The zero-order chi connectivity index (χ0) is 21.0. The molecule has 152 valence electrons. The van der Waals surface area contributed by atoms with E-state index in [0.717, 1.165) is 17.3 Å². The minimum Gasteiger partial charge on any atom is -0.491 e. The second-order valence-corrected chi connectivity index (χ2v) is 8.05. The molecular weight excluding hydrogens is 461 g/mol. The Labute approximate surface area is 185 Å². The minimum absolute atomic E-state index is 0.00780. The monoisotopic (exact) mass is 473 g/mol. The Morgan fingerprint density at radius 1 is 1.00 bits per heavy atom. The van der Waals surface area contributed by atoms with Gasteiger partial charge in [-0.2, -0.15) is 0 Å². The minimum atomic E-state index is -0.910. The number of rotatable bonds is 7. The molecule has 2 amide bonds. The van der Waals surface area contributed by atoms with Crippen molar-refractivity contribution < 1.29 is 24.2 Å². The molecule has 1 saturated heterocycles. The number of imide groups is 1. The number of thioether (sulfide) groups is 1. The second kappa shape index (κ2) is 9.73. The normalized spacial score (nSPS) is 16.1. The van der Waals surface area contributed by atoms with Gasteiger partial charge in [0.1, 0.15) is 35.8 Å². The lowest BCUT2D eigenvalue weighted by Gasteiger charge is -2.15. The van der Waals surface area contributed by atoms with Gasteiger partial charge < -0.3 is 14.6 Å². The summed E-state index contributed by atoms with van der Waals surface area (Å²) in [6, 6.07) is 9.96. The van der Waals surface area contributed by atoms with Gasteiger partial charge in [-0.05, 0) is 47.7 Å². The smallest absolute Gasteiger partial charge is 0.290 e. The van der Waals surface area contributed by atoms with E-state index >= 15 is 0 Å². The van der Waals surface area contributed by atoms with Crippen LogP contribution in [0.2, 0.25) is 15.1 Å². The Morgan fingerprint density at radius 3 is 2.34 bits per heavy atom. The van der Waals surface area contributed by atoms with Crippen molar-refractivity contribution in [2.75, 3.05) is 13.2 Å². The summed E-state index contributed by atoms with van der Waals surface area (Å²) in [5.41, 5.74) is 0.739. The van der Waals surface area contributed by atoms with Crippen LogP contribution in [0, 0.1) is 0 Å². The van der Waals surface area contributed by atoms with E-state index in [4.69, 9.17) is 44.3 Å². The third kappa shape index (κ3) is 5.81. The lowest BCUT2D eigenvalue weighted by atomic mass is 10.2. The van der Waals surface area contributed by atoms with E-state index in [1.807, 2.05) is 0 Å². The Morgan fingerprint density at radius 2 is 1.69 bits per heavy atom. The molecule has 0 radical (unpaired) electrons. The van der Waals surface area contributed by atoms with E-state index in [0.29, 0.717) is 21.4 Å². The molecule has 0 spiro atoms. The Hall–Kier alpha value is -1.90. The van der Waals surface area contributed by atoms with Crippen molar-refractivity contribution in [2.45, 2.75) is 6.10 Å². The van der Waals surface area contributed by atoms with Crippen molar-refractivity contribution in [1.29, 1.82) is 0 Å². The van der Waals surface area contributed by atoms with Crippen molar-refractivity contribution >= 4 is 63.8 Å². The van der Waals surface area contributed by atoms with E-state index in [2.05, 4.69) is 5.32 Å². The van der Waals surface area contributed by atoms with E-state index in [-0.39, 0.29) is 28.5 Å². The van der Waals surface area contributed by atoms with Crippen LogP contribution < -0.4 is 14.8 Å². The molecule has 10 heteroatoms. The Kier molecular flexibility index (Phi) is 7.32. The lowest BCUT2D eigenvalue weighted by molar-refractivity contribution is -0.115.